The molecule has 112 valence electrons. The van der Waals surface area contributed by atoms with Crippen molar-refractivity contribution in [3.8, 4) is 0 Å². The Kier molecular flexibility index (Phi) is 3.76. The molecule has 0 aliphatic heterocycles. The van der Waals surface area contributed by atoms with Crippen molar-refractivity contribution in [2.75, 3.05) is 0 Å². The third kappa shape index (κ3) is 2.65. The third-order valence-corrected chi connectivity index (χ3v) is 3.97. The molecule has 0 fully saturated rings. The van der Waals surface area contributed by atoms with Gasteiger partial charge in [-0.15, -0.1) is 0 Å². The minimum absolute atomic E-state index is 0.121. The molecule has 2 heterocycles. The lowest BCUT2D eigenvalue weighted by atomic mass is 10.2. The Hall–Kier alpha value is -2.11. The first-order chi connectivity index (χ1) is 10.5. The summed E-state index contributed by atoms with van der Waals surface area (Å²) in [5.74, 6) is -0.291. The van der Waals surface area contributed by atoms with Crippen LogP contribution in [0.5, 0.6) is 0 Å². The molecule has 0 saturated carbocycles. The van der Waals surface area contributed by atoms with Crippen LogP contribution in [0, 0.1) is 6.92 Å². The number of rotatable bonds is 3. The molecule has 0 saturated heterocycles. The minimum atomic E-state index is -1.02. The highest BCUT2D eigenvalue weighted by Crippen LogP contribution is 2.24. The zero-order valence-corrected chi connectivity index (χ0v) is 13.1. The summed E-state index contributed by atoms with van der Waals surface area (Å²) in [4.78, 5) is 19.5. The number of benzene rings is 1. The monoisotopic (exact) mass is 335 g/mol. The van der Waals surface area contributed by atoms with Crippen molar-refractivity contribution in [1.29, 1.82) is 0 Å². The zero-order chi connectivity index (χ0) is 15.9. The molecule has 0 aliphatic rings. The molecule has 0 radical (unpaired) electrons. The summed E-state index contributed by atoms with van der Waals surface area (Å²) in [7, 11) is 0. The second-order valence-corrected chi connectivity index (χ2v) is 5.70. The van der Waals surface area contributed by atoms with Gasteiger partial charge in [-0.25, -0.2) is 14.8 Å². The van der Waals surface area contributed by atoms with Gasteiger partial charge >= 0.3 is 5.97 Å². The van der Waals surface area contributed by atoms with Gasteiger partial charge in [0.1, 0.15) is 5.82 Å². The number of nitrogens with zero attached hydrogens (tertiary/aromatic N) is 3. The Morgan fingerprint density at radius 1 is 1.32 bits per heavy atom. The van der Waals surface area contributed by atoms with Crippen molar-refractivity contribution >= 4 is 40.3 Å². The number of fused-ring (bicyclic) bond motifs is 1. The molecule has 1 N–H and O–H groups in total. The van der Waals surface area contributed by atoms with Gasteiger partial charge in [0.15, 0.2) is 5.65 Å². The lowest BCUT2D eigenvalue weighted by Gasteiger charge is -2.09. The summed E-state index contributed by atoms with van der Waals surface area (Å²) in [6.45, 7) is 2.30. The van der Waals surface area contributed by atoms with E-state index in [1.54, 1.807) is 18.2 Å². The number of imidazole rings is 1. The Morgan fingerprint density at radius 2 is 2.09 bits per heavy atom. The molecule has 0 unspecified atom stereocenters. The highest BCUT2D eigenvalue weighted by molar-refractivity contribution is 6.35. The van der Waals surface area contributed by atoms with Crippen LogP contribution in [0.25, 0.3) is 11.2 Å². The van der Waals surface area contributed by atoms with E-state index < -0.39 is 5.97 Å². The second-order valence-electron chi connectivity index (χ2n) is 4.85. The summed E-state index contributed by atoms with van der Waals surface area (Å²) in [6.07, 6.45) is 1.30. The molecule has 2 aromatic heterocycles. The van der Waals surface area contributed by atoms with Crippen LogP contribution in [-0.2, 0) is 6.54 Å². The number of aromatic carboxylic acids is 1. The fourth-order valence-corrected chi connectivity index (χ4v) is 2.72. The fourth-order valence-electron chi connectivity index (χ4n) is 2.26. The molecule has 22 heavy (non-hydrogen) atoms. The standard InChI is InChI=1S/C15H11Cl2N3O2/c1-8-19-14-13(4-10(6-18-14)15(21)22)20(8)7-9-2-3-11(16)5-12(9)17/h2-6H,7H2,1H3,(H,21,22). The topological polar surface area (TPSA) is 68.0 Å². The van der Waals surface area contributed by atoms with Gasteiger partial charge in [-0.2, -0.15) is 0 Å². The number of carbonyl (C=O) groups is 1. The van der Waals surface area contributed by atoms with E-state index in [0.717, 1.165) is 11.4 Å². The van der Waals surface area contributed by atoms with Crippen LogP contribution in [0.4, 0.5) is 0 Å². The smallest absolute Gasteiger partial charge is 0.337 e. The molecule has 3 aromatic rings. The maximum Gasteiger partial charge on any atom is 0.337 e. The van der Waals surface area contributed by atoms with Crippen molar-refractivity contribution in [2.24, 2.45) is 0 Å². The highest BCUT2D eigenvalue weighted by atomic mass is 35.5. The number of carboxylic acid groups (broad SMARTS) is 1. The average molecular weight is 336 g/mol. The van der Waals surface area contributed by atoms with Crippen molar-refractivity contribution in [3.05, 3.63) is 57.5 Å². The third-order valence-electron chi connectivity index (χ3n) is 3.39. The Bertz CT molecular complexity index is 890. The van der Waals surface area contributed by atoms with Gasteiger partial charge in [0.05, 0.1) is 17.6 Å². The maximum atomic E-state index is 11.1. The predicted octanol–water partition coefficient (Wildman–Crippen LogP) is 3.79. The lowest BCUT2D eigenvalue weighted by Crippen LogP contribution is -2.04. The van der Waals surface area contributed by atoms with Gasteiger partial charge in [0.2, 0.25) is 0 Å². The summed E-state index contributed by atoms with van der Waals surface area (Å²) in [6, 6.07) is 6.84. The molecular formula is C15H11Cl2N3O2. The van der Waals surface area contributed by atoms with Crippen molar-refractivity contribution in [1.82, 2.24) is 14.5 Å². The number of halogens is 2. The average Bonchev–Trinajstić information content (AvgIpc) is 2.77. The number of aromatic nitrogens is 3. The summed E-state index contributed by atoms with van der Waals surface area (Å²) < 4.78 is 1.88. The maximum absolute atomic E-state index is 11.1. The molecular weight excluding hydrogens is 325 g/mol. The predicted molar refractivity (Wildman–Crippen MR) is 84.8 cm³/mol. The van der Waals surface area contributed by atoms with E-state index in [0.29, 0.717) is 27.8 Å². The molecule has 3 rings (SSSR count). The second kappa shape index (κ2) is 5.59. The lowest BCUT2D eigenvalue weighted by molar-refractivity contribution is 0.0696. The molecule has 0 atom stereocenters. The van der Waals surface area contributed by atoms with Crippen LogP contribution in [0.1, 0.15) is 21.7 Å². The van der Waals surface area contributed by atoms with Crippen LogP contribution in [0.3, 0.4) is 0 Å². The van der Waals surface area contributed by atoms with Gasteiger partial charge in [-0.05, 0) is 30.7 Å². The van der Waals surface area contributed by atoms with E-state index >= 15 is 0 Å². The summed E-state index contributed by atoms with van der Waals surface area (Å²) in [5.41, 5.74) is 2.15. The molecule has 0 spiro atoms. The van der Waals surface area contributed by atoms with E-state index in [-0.39, 0.29) is 5.56 Å². The van der Waals surface area contributed by atoms with Crippen molar-refractivity contribution in [3.63, 3.8) is 0 Å². The van der Waals surface area contributed by atoms with Crippen LogP contribution < -0.4 is 0 Å². The molecule has 5 nitrogen and oxygen atoms in total. The van der Waals surface area contributed by atoms with Crippen molar-refractivity contribution in [2.45, 2.75) is 13.5 Å². The number of pyridine rings is 1. The van der Waals surface area contributed by atoms with Crippen LogP contribution >= 0.6 is 23.2 Å². The molecule has 1 aromatic carbocycles. The highest BCUT2D eigenvalue weighted by Gasteiger charge is 2.13. The SMILES string of the molecule is Cc1nc2ncc(C(=O)O)cc2n1Cc1ccc(Cl)cc1Cl. The number of hydrogen-bond donors (Lipinski definition) is 1. The van der Waals surface area contributed by atoms with E-state index in [4.69, 9.17) is 28.3 Å². The zero-order valence-electron chi connectivity index (χ0n) is 11.5. The number of hydrogen-bond acceptors (Lipinski definition) is 3. The Morgan fingerprint density at radius 3 is 2.77 bits per heavy atom. The van der Waals surface area contributed by atoms with E-state index in [9.17, 15) is 4.79 Å². The molecule has 0 aliphatic carbocycles. The molecule has 0 bridgehead atoms. The normalized spacial score (nSPS) is 11.0. The summed E-state index contributed by atoms with van der Waals surface area (Å²) in [5, 5.41) is 10.2. The van der Waals surface area contributed by atoms with Crippen LogP contribution in [-0.4, -0.2) is 25.6 Å². The minimum Gasteiger partial charge on any atom is -0.478 e. The molecule has 0 amide bonds. The van der Waals surface area contributed by atoms with Gasteiger partial charge in [0, 0.05) is 16.2 Å². The first-order valence-corrected chi connectivity index (χ1v) is 7.21. The van der Waals surface area contributed by atoms with Gasteiger partial charge in [-0.3, -0.25) is 0 Å². The molecule has 7 heteroatoms. The number of carboxylic acids is 1. The van der Waals surface area contributed by atoms with Crippen LogP contribution in [0.2, 0.25) is 10.0 Å². The first kappa shape index (κ1) is 14.8. The quantitative estimate of drug-likeness (QED) is 0.790. The number of aryl methyl sites for hydroxylation is 1. The van der Waals surface area contributed by atoms with Gasteiger partial charge < -0.3 is 9.67 Å². The van der Waals surface area contributed by atoms with Crippen molar-refractivity contribution < 1.29 is 9.90 Å². The van der Waals surface area contributed by atoms with Gasteiger partial charge in [0.25, 0.3) is 0 Å². The fraction of sp³-hybridized carbons (Fsp3) is 0.133. The Labute approximate surface area is 136 Å². The van der Waals surface area contributed by atoms with Crippen LogP contribution in [0.15, 0.2) is 30.5 Å². The Balaban J connectivity index is 2.11. The van der Waals surface area contributed by atoms with E-state index in [1.165, 1.54) is 6.20 Å². The largest absolute Gasteiger partial charge is 0.478 e. The van der Waals surface area contributed by atoms with E-state index in [2.05, 4.69) is 9.97 Å². The van der Waals surface area contributed by atoms with Gasteiger partial charge in [-0.1, -0.05) is 29.3 Å². The van der Waals surface area contributed by atoms with E-state index in [1.807, 2.05) is 17.6 Å². The first-order valence-electron chi connectivity index (χ1n) is 6.46. The summed E-state index contributed by atoms with van der Waals surface area (Å²) >= 11 is 12.1.